The molecule has 0 heterocycles. The molecule has 1 N–H and O–H groups in total. The van der Waals surface area contributed by atoms with Crippen LogP contribution in [0, 0.1) is 5.82 Å². The molecule has 0 atom stereocenters. The fraction of sp³-hybridized carbons (Fsp3) is 0.467. The van der Waals surface area contributed by atoms with E-state index >= 15 is 0 Å². The summed E-state index contributed by atoms with van der Waals surface area (Å²) in [7, 11) is 1.62. The number of nitrogens with one attached hydrogen (secondary N) is 1. The molecule has 0 aromatic heterocycles. The van der Waals surface area contributed by atoms with Gasteiger partial charge in [0.1, 0.15) is 5.82 Å². The summed E-state index contributed by atoms with van der Waals surface area (Å²) in [6.45, 7) is 2.97. The highest BCUT2D eigenvalue weighted by Gasteiger charge is 2.17. The van der Waals surface area contributed by atoms with Crippen molar-refractivity contribution in [2.24, 2.45) is 0 Å². The van der Waals surface area contributed by atoms with Gasteiger partial charge in [-0.1, -0.05) is 25.5 Å². The van der Waals surface area contributed by atoms with Crippen LogP contribution in [0.3, 0.4) is 0 Å². The Morgan fingerprint density at radius 2 is 1.90 bits per heavy atom. The maximum atomic E-state index is 12.7. The number of amides is 2. The SMILES string of the molecule is CCCCN(C)C(=O)C(=O)NCCc1ccc(F)cc1. The summed E-state index contributed by atoms with van der Waals surface area (Å²) >= 11 is 0. The maximum absolute atomic E-state index is 12.7. The number of halogens is 1. The molecule has 0 aliphatic rings. The predicted octanol–water partition coefficient (Wildman–Crippen LogP) is 1.74. The number of rotatable bonds is 6. The Kier molecular flexibility index (Phi) is 6.70. The van der Waals surface area contributed by atoms with Crippen molar-refractivity contribution >= 4 is 11.8 Å². The zero-order chi connectivity index (χ0) is 15.0. The highest BCUT2D eigenvalue weighted by atomic mass is 19.1. The molecule has 0 aliphatic carbocycles. The topological polar surface area (TPSA) is 49.4 Å². The Morgan fingerprint density at radius 3 is 2.50 bits per heavy atom. The molecule has 0 saturated carbocycles. The number of unbranched alkanes of at least 4 members (excludes halogenated alkanes) is 1. The van der Waals surface area contributed by atoms with E-state index in [1.807, 2.05) is 6.92 Å². The fourth-order valence-corrected chi connectivity index (χ4v) is 1.72. The number of benzene rings is 1. The van der Waals surface area contributed by atoms with Crippen LogP contribution in [0.25, 0.3) is 0 Å². The Hall–Kier alpha value is -1.91. The van der Waals surface area contributed by atoms with Crippen LogP contribution in [0.15, 0.2) is 24.3 Å². The third-order valence-corrected chi connectivity index (χ3v) is 3.00. The lowest BCUT2D eigenvalue weighted by molar-refractivity contribution is -0.145. The molecule has 0 bridgehead atoms. The van der Waals surface area contributed by atoms with Crippen molar-refractivity contribution in [2.45, 2.75) is 26.2 Å². The van der Waals surface area contributed by atoms with E-state index in [9.17, 15) is 14.0 Å². The van der Waals surface area contributed by atoms with E-state index in [1.165, 1.54) is 17.0 Å². The van der Waals surface area contributed by atoms with Crippen LogP contribution in [0.1, 0.15) is 25.3 Å². The first kappa shape index (κ1) is 16.1. The minimum Gasteiger partial charge on any atom is -0.347 e. The van der Waals surface area contributed by atoms with Gasteiger partial charge in [0.15, 0.2) is 0 Å². The minimum absolute atomic E-state index is 0.287. The summed E-state index contributed by atoms with van der Waals surface area (Å²) in [4.78, 5) is 24.8. The number of hydrogen-bond acceptors (Lipinski definition) is 2. The number of hydrogen-bond donors (Lipinski definition) is 1. The zero-order valence-corrected chi connectivity index (χ0v) is 12.0. The second kappa shape index (κ2) is 8.30. The lowest BCUT2D eigenvalue weighted by Gasteiger charge is -2.16. The fourth-order valence-electron chi connectivity index (χ4n) is 1.72. The van der Waals surface area contributed by atoms with Crippen molar-refractivity contribution in [1.82, 2.24) is 10.2 Å². The summed E-state index contributed by atoms with van der Waals surface area (Å²) in [6, 6.07) is 6.08. The quantitative estimate of drug-likeness (QED) is 0.807. The summed E-state index contributed by atoms with van der Waals surface area (Å²) in [5.74, 6) is -1.39. The van der Waals surface area contributed by atoms with Crippen LogP contribution in [0.4, 0.5) is 4.39 Å². The Balaban J connectivity index is 2.32. The van der Waals surface area contributed by atoms with E-state index in [0.29, 0.717) is 19.5 Å². The monoisotopic (exact) mass is 280 g/mol. The second-order valence-corrected chi connectivity index (χ2v) is 4.71. The van der Waals surface area contributed by atoms with Gasteiger partial charge in [0.05, 0.1) is 0 Å². The van der Waals surface area contributed by atoms with Crippen LogP contribution in [0.5, 0.6) is 0 Å². The largest absolute Gasteiger partial charge is 0.347 e. The van der Waals surface area contributed by atoms with E-state index in [0.717, 1.165) is 18.4 Å². The molecule has 1 aromatic rings. The highest BCUT2D eigenvalue weighted by Crippen LogP contribution is 2.02. The summed E-state index contributed by atoms with van der Waals surface area (Å²) < 4.78 is 12.7. The average Bonchev–Trinajstić information content (AvgIpc) is 2.45. The van der Waals surface area contributed by atoms with Crippen LogP contribution >= 0.6 is 0 Å². The van der Waals surface area contributed by atoms with Gasteiger partial charge >= 0.3 is 11.8 Å². The van der Waals surface area contributed by atoms with E-state index in [1.54, 1.807) is 19.2 Å². The molecule has 0 saturated heterocycles. The predicted molar refractivity (Wildman–Crippen MR) is 75.7 cm³/mol. The molecular formula is C15H21FN2O2. The van der Waals surface area contributed by atoms with Gasteiger partial charge in [-0.25, -0.2) is 4.39 Å². The third-order valence-electron chi connectivity index (χ3n) is 3.00. The van der Waals surface area contributed by atoms with Crippen molar-refractivity contribution in [3.63, 3.8) is 0 Å². The van der Waals surface area contributed by atoms with E-state index in [-0.39, 0.29) is 5.82 Å². The number of likely N-dealkylation sites (N-methyl/N-ethyl adjacent to an activating group) is 1. The second-order valence-electron chi connectivity index (χ2n) is 4.71. The van der Waals surface area contributed by atoms with Crippen LogP contribution in [-0.2, 0) is 16.0 Å². The van der Waals surface area contributed by atoms with Gasteiger partial charge in [-0.15, -0.1) is 0 Å². The number of carbonyl (C=O) groups excluding carboxylic acids is 2. The van der Waals surface area contributed by atoms with E-state index in [4.69, 9.17) is 0 Å². The van der Waals surface area contributed by atoms with Gasteiger partial charge in [-0.05, 0) is 30.5 Å². The normalized spacial score (nSPS) is 10.2. The number of nitrogens with zero attached hydrogens (tertiary/aromatic N) is 1. The van der Waals surface area contributed by atoms with Gasteiger partial charge in [0.2, 0.25) is 0 Å². The molecule has 110 valence electrons. The first-order chi connectivity index (χ1) is 9.54. The van der Waals surface area contributed by atoms with E-state index < -0.39 is 11.8 Å². The third kappa shape index (κ3) is 5.38. The molecule has 5 heteroatoms. The smallest absolute Gasteiger partial charge is 0.311 e. The Morgan fingerprint density at radius 1 is 1.25 bits per heavy atom. The molecule has 1 rings (SSSR count). The van der Waals surface area contributed by atoms with Crippen LogP contribution in [-0.4, -0.2) is 36.9 Å². The highest BCUT2D eigenvalue weighted by molar-refractivity contribution is 6.34. The van der Waals surface area contributed by atoms with Gasteiger partial charge in [0.25, 0.3) is 0 Å². The lowest BCUT2D eigenvalue weighted by atomic mass is 10.1. The van der Waals surface area contributed by atoms with Gasteiger partial charge in [-0.3, -0.25) is 9.59 Å². The van der Waals surface area contributed by atoms with Crippen molar-refractivity contribution in [2.75, 3.05) is 20.1 Å². The summed E-state index contributed by atoms with van der Waals surface area (Å²) in [5.41, 5.74) is 0.915. The molecule has 20 heavy (non-hydrogen) atoms. The van der Waals surface area contributed by atoms with Crippen molar-refractivity contribution in [1.29, 1.82) is 0 Å². The molecule has 1 aromatic carbocycles. The number of carbonyl (C=O) groups is 2. The van der Waals surface area contributed by atoms with Crippen LogP contribution in [0.2, 0.25) is 0 Å². The van der Waals surface area contributed by atoms with E-state index in [2.05, 4.69) is 5.32 Å². The van der Waals surface area contributed by atoms with Crippen molar-refractivity contribution < 1.29 is 14.0 Å². The molecular weight excluding hydrogens is 259 g/mol. The average molecular weight is 280 g/mol. The van der Waals surface area contributed by atoms with Crippen molar-refractivity contribution in [3.05, 3.63) is 35.6 Å². The maximum Gasteiger partial charge on any atom is 0.311 e. The molecule has 0 aliphatic heterocycles. The molecule has 0 spiro atoms. The molecule has 4 nitrogen and oxygen atoms in total. The van der Waals surface area contributed by atoms with Gasteiger partial charge in [0, 0.05) is 20.1 Å². The first-order valence-corrected chi connectivity index (χ1v) is 6.82. The molecule has 0 fully saturated rings. The standard InChI is InChI=1S/C15H21FN2O2/c1-3-4-11-18(2)15(20)14(19)17-10-9-12-5-7-13(16)8-6-12/h5-8H,3-4,9-11H2,1-2H3,(H,17,19). The molecule has 0 radical (unpaired) electrons. The molecule has 0 unspecified atom stereocenters. The van der Waals surface area contributed by atoms with Crippen LogP contribution < -0.4 is 5.32 Å². The lowest BCUT2D eigenvalue weighted by Crippen LogP contribution is -2.42. The Labute approximate surface area is 119 Å². The first-order valence-electron chi connectivity index (χ1n) is 6.82. The van der Waals surface area contributed by atoms with Crippen molar-refractivity contribution in [3.8, 4) is 0 Å². The summed E-state index contributed by atoms with van der Waals surface area (Å²) in [5, 5.41) is 2.58. The van der Waals surface area contributed by atoms with Gasteiger partial charge in [-0.2, -0.15) is 0 Å². The Bertz CT molecular complexity index is 446. The van der Waals surface area contributed by atoms with Gasteiger partial charge < -0.3 is 10.2 Å². The zero-order valence-electron chi connectivity index (χ0n) is 12.0. The molecule has 2 amide bonds. The minimum atomic E-state index is -0.592. The summed E-state index contributed by atoms with van der Waals surface area (Å²) in [6.07, 6.45) is 2.42.